The molecule has 2 heterocycles. The summed E-state index contributed by atoms with van der Waals surface area (Å²) in [5.74, 6) is 0.723. The molecule has 0 unspecified atom stereocenters. The van der Waals surface area contributed by atoms with E-state index in [0.717, 1.165) is 25.1 Å². The van der Waals surface area contributed by atoms with Gasteiger partial charge >= 0.3 is 5.97 Å². The third-order valence-corrected chi connectivity index (χ3v) is 4.40. The largest absolute Gasteiger partial charge is 0.466 e. The molecule has 1 aromatic heterocycles. The van der Waals surface area contributed by atoms with E-state index in [9.17, 15) is 9.59 Å². The van der Waals surface area contributed by atoms with Crippen LogP contribution in [0.4, 0.5) is 0 Å². The second-order valence-corrected chi connectivity index (χ2v) is 6.08. The average molecular weight is 326 g/mol. The molecule has 0 saturated carbocycles. The summed E-state index contributed by atoms with van der Waals surface area (Å²) in [7, 11) is 0. The monoisotopic (exact) mass is 326 g/mol. The number of esters is 1. The number of aromatic amines is 1. The molecule has 1 aliphatic heterocycles. The van der Waals surface area contributed by atoms with Gasteiger partial charge in [-0.15, -0.1) is 5.10 Å². The van der Waals surface area contributed by atoms with Crippen LogP contribution in [-0.4, -0.2) is 57.4 Å². The molecule has 122 valence electrons. The van der Waals surface area contributed by atoms with Crippen molar-refractivity contribution in [1.29, 1.82) is 0 Å². The number of nitrogens with zero attached hydrogens (tertiary/aromatic N) is 3. The van der Waals surface area contributed by atoms with Crippen molar-refractivity contribution >= 4 is 23.6 Å². The van der Waals surface area contributed by atoms with E-state index in [0.29, 0.717) is 24.9 Å². The minimum absolute atomic E-state index is 0.0156. The molecular formula is C14H22N4O3S. The summed E-state index contributed by atoms with van der Waals surface area (Å²) in [5, 5.41) is 7.47. The third-order valence-electron chi connectivity index (χ3n) is 3.56. The van der Waals surface area contributed by atoms with Gasteiger partial charge in [-0.3, -0.25) is 14.7 Å². The molecule has 1 amide bonds. The van der Waals surface area contributed by atoms with E-state index in [1.807, 2.05) is 6.92 Å². The van der Waals surface area contributed by atoms with Crippen molar-refractivity contribution < 1.29 is 14.3 Å². The highest BCUT2D eigenvalue weighted by molar-refractivity contribution is 7.99. The Morgan fingerprint density at radius 1 is 1.45 bits per heavy atom. The molecule has 8 heteroatoms. The Kier molecular flexibility index (Phi) is 6.23. The van der Waals surface area contributed by atoms with Crippen LogP contribution in [0, 0.1) is 5.92 Å². The summed E-state index contributed by atoms with van der Waals surface area (Å²) in [6.45, 7) is 5.31. The highest BCUT2D eigenvalue weighted by Gasteiger charge is 2.29. The van der Waals surface area contributed by atoms with Gasteiger partial charge in [-0.05, 0) is 19.8 Å². The first-order valence-corrected chi connectivity index (χ1v) is 8.61. The van der Waals surface area contributed by atoms with Gasteiger partial charge < -0.3 is 9.64 Å². The summed E-state index contributed by atoms with van der Waals surface area (Å²) in [6.07, 6.45) is 2.41. The number of aryl methyl sites for hydroxylation is 1. The maximum absolute atomic E-state index is 12.3. The van der Waals surface area contributed by atoms with E-state index in [-0.39, 0.29) is 23.5 Å². The van der Waals surface area contributed by atoms with Gasteiger partial charge in [0.15, 0.2) is 0 Å². The predicted octanol–water partition coefficient (Wildman–Crippen LogP) is 1.26. The summed E-state index contributed by atoms with van der Waals surface area (Å²) in [6, 6.07) is 0. The summed E-state index contributed by atoms with van der Waals surface area (Å²) in [4.78, 5) is 30.1. The Labute approximate surface area is 134 Å². The number of H-pyrrole nitrogens is 1. The van der Waals surface area contributed by atoms with E-state index in [2.05, 4.69) is 15.2 Å². The SMILES string of the molecule is CCOC(=O)[C@H]1CCCN(C(=O)CSc2n[nH]c(CC)n2)C1. The molecule has 1 aliphatic rings. The van der Waals surface area contributed by atoms with Crippen LogP contribution in [0.2, 0.25) is 0 Å². The van der Waals surface area contributed by atoms with Crippen LogP contribution in [0.1, 0.15) is 32.5 Å². The normalized spacial score (nSPS) is 18.3. The Bertz CT molecular complexity index is 520. The van der Waals surface area contributed by atoms with Crippen LogP contribution in [-0.2, 0) is 20.7 Å². The number of amides is 1. The van der Waals surface area contributed by atoms with Crippen molar-refractivity contribution in [1.82, 2.24) is 20.1 Å². The number of hydrogen-bond acceptors (Lipinski definition) is 6. The number of aromatic nitrogens is 3. The molecule has 0 aliphatic carbocycles. The molecule has 22 heavy (non-hydrogen) atoms. The fourth-order valence-corrected chi connectivity index (χ4v) is 3.09. The zero-order valence-corrected chi connectivity index (χ0v) is 13.8. The van der Waals surface area contributed by atoms with Gasteiger partial charge in [0, 0.05) is 19.5 Å². The Morgan fingerprint density at radius 2 is 2.27 bits per heavy atom. The highest BCUT2D eigenvalue weighted by Crippen LogP contribution is 2.20. The molecule has 1 atom stereocenters. The van der Waals surface area contributed by atoms with Crippen molar-refractivity contribution in [3.8, 4) is 0 Å². The van der Waals surface area contributed by atoms with Crippen LogP contribution in [0.25, 0.3) is 0 Å². The first-order valence-electron chi connectivity index (χ1n) is 7.62. The number of ether oxygens (including phenoxy) is 1. The molecule has 0 radical (unpaired) electrons. The number of carbonyl (C=O) groups excluding carboxylic acids is 2. The lowest BCUT2D eigenvalue weighted by molar-refractivity contribution is -0.151. The van der Waals surface area contributed by atoms with E-state index in [1.165, 1.54) is 11.8 Å². The van der Waals surface area contributed by atoms with Crippen LogP contribution < -0.4 is 0 Å². The molecule has 2 rings (SSSR count). The average Bonchev–Trinajstić information content (AvgIpc) is 3.01. The fraction of sp³-hybridized carbons (Fsp3) is 0.714. The number of thioether (sulfide) groups is 1. The van der Waals surface area contributed by atoms with Crippen LogP contribution >= 0.6 is 11.8 Å². The quantitative estimate of drug-likeness (QED) is 0.625. The Morgan fingerprint density at radius 3 is 2.95 bits per heavy atom. The number of carbonyl (C=O) groups is 2. The maximum atomic E-state index is 12.3. The smallest absolute Gasteiger partial charge is 0.310 e. The number of nitrogens with one attached hydrogen (secondary N) is 1. The van der Waals surface area contributed by atoms with Gasteiger partial charge in [-0.1, -0.05) is 18.7 Å². The van der Waals surface area contributed by atoms with Crippen LogP contribution in [0.5, 0.6) is 0 Å². The molecule has 0 bridgehead atoms. The van der Waals surface area contributed by atoms with Gasteiger partial charge in [0.2, 0.25) is 11.1 Å². The summed E-state index contributed by atoms with van der Waals surface area (Å²) in [5.41, 5.74) is 0. The lowest BCUT2D eigenvalue weighted by atomic mass is 9.98. The van der Waals surface area contributed by atoms with E-state index in [1.54, 1.807) is 11.8 Å². The molecular weight excluding hydrogens is 304 g/mol. The van der Waals surface area contributed by atoms with Crippen molar-refractivity contribution in [2.75, 3.05) is 25.4 Å². The molecule has 0 aromatic carbocycles. The minimum Gasteiger partial charge on any atom is -0.466 e. The topological polar surface area (TPSA) is 88.2 Å². The number of hydrogen-bond donors (Lipinski definition) is 1. The Balaban J connectivity index is 1.82. The second-order valence-electron chi connectivity index (χ2n) is 5.14. The fourth-order valence-electron chi connectivity index (χ4n) is 2.37. The first kappa shape index (κ1) is 16.8. The van der Waals surface area contributed by atoms with Crippen molar-refractivity contribution in [2.45, 2.75) is 38.3 Å². The lowest BCUT2D eigenvalue weighted by Gasteiger charge is -2.31. The molecule has 0 spiro atoms. The molecule has 1 saturated heterocycles. The minimum atomic E-state index is -0.200. The van der Waals surface area contributed by atoms with Crippen molar-refractivity contribution in [2.24, 2.45) is 5.92 Å². The van der Waals surface area contributed by atoms with Crippen molar-refractivity contribution in [3.63, 3.8) is 0 Å². The lowest BCUT2D eigenvalue weighted by Crippen LogP contribution is -2.43. The maximum Gasteiger partial charge on any atom is 0.310 e. The first-order chi connectivity index (χ1) is 10.6. The number of rotatable bonds is 6. The second kappa shape index (κ2) is 8.17. The van der Waals surface area contributed by atoms with Crippen molar-refractivity contribution in [3.05, 3.63) is 5.82 Å². The number of likely N-dealkylation sites (tertiary alicyclic amines) is 1. The van der Waals surface area contributed by atoms with E-state index < -0.39 is 0 Å². The summed E-state index contributed by atoms with van der Waals surface area (Å²) < 4.78 is 5.05. The zero-order chi connectivity index (χ0) is 15.9. The van der Waals surface area contributed by atoms with Crippen LogP contribution in [0.15, 0.2) is 5.16 Å². The molecule has 1 fully saturated rings. The van der Waals surface area contributed by atoms with E-state index >= 15 is 0 Å². The molecule has 1 N–H and O–H groups in total. The van der Waals surface area contributed by atoms with Gasteiger partial charge in [0.1, 0.15) is 5.82 Å². The van der Waals surface area contributed by atoms with Gasteiger partial charge in [-0.25, -0.2) is 4.98 Å². The van der Waals surface area contributed by atoms with Gasteiger partial charge in [-0.2, -0.15) is 0 Å². The summed E-state index contributed by atoms with van der Waals surface area (Å²) >= 11 is 1.32. The van der Waals surface area contributed by atoms with E-state index in [4.69, 9.17) is 4.74 Å². The predicted molar refractivity (Wildman–Crippen MR) is 82.4 cm³/mol. The molecule has 1 aromatic rings. The molecule has 7 nitrogen and oxygen atoms in total. The highest BCUT2D eigenvalue weighted by atomic mass is 32.2. The third kappa shape index (κ3) is 4.46. The van der Waals surface area contributed by atoms with Gasteiger partial charge in [0.05, 0.1) is 18.3 Å². The zero-order valence-electron chi connectivity index (χ0n) is 13.0. The van der Waals surface area contributed by atoms with Crippen LogP contribution in [0.3, 0.4) is 0 Å². The van der Waals surface area contributed by atoms with Gasteiger partial charge in [0.25, 0.3) is 0 Å². The standard InChI is InChI=1S/C14H22N4O3S/c1-3-11-15-14(17-16-11)22-9-12(19)18-7-5-6-10(8-18)13(20)21-4-2/h10H,3-9H2,1-2H3,(H,15,16,17)/t10-/m0/s1. The number of piperidine rings is 1. The Hall–Kier alpha value is -1.57.